The molecule has 3 rings (SSSR count). The summed E-state index contributed by atoms with van der Waals surface area (Å²) >= 11 is 0. The summed E-state index contributed by atoms with van der Waals surface area (Å²) in [5, 5.41) is 0. The molecule has 1 atom stereocenters. The summed E-state index contributed by atoms with van der Waals surface area (Å²) in [5.74, 6) is 1.31. The fourth-order valence-corrected chi connectivity index (χ4v) is 4.37. The molecule has 2 aromatic rings. The van der Waals surface area contributed by atoms with Crippen LogP contribution in [0.2, 0.25) is 0 Å². The third-order valence-corrected chi connectivity index (χ3v) is 6.26. The summed E-state index contributed by atoms with van der Waals surface area (Å²) < 4.78 is 43.5. The van der Waals surface area contributed by atoms with Gasteiger partial charge in [0.25, 0.3) is 0 Å². The van der Waals surface area contributed by atoms with Crippen molar-refractivity contribution in [2.45, 2.75) is 24.3 Å². The predicted molar refractivity (Wildman–Crippen MR) is 101 cm³/mol. The Labute approximate surface area is 159 Å². The van der Waals surface area contributed by atoms with Crippen molar-refractivity contribution in [2.75, 3.05) is 33.4 Å². The molecule has 1 aliphatic rings. The van der Waals surface area contributed by atoms with Crippen LogP contribution in [0, 0.1) is 6.92 Å². The molecule has 1 aromatic carbocycles. The second-order valence-corrected chi connectivity index (χ2v) is 8.23. The van der Waals surface area contributed by atoms with Gasteiger partial charge in [-0.3, -0.25) is 4.98 Å². The largest absolute Gasteiger partial charge is 0.491 e. The molecule has 0 aliphatic carbocycles. The van der Waals surface area contributed by atoms with E-state index in [1.165, 1.54) is 4.31 Å². The maximum absolute atomic E-state index is 12.9. The summed E-state index contributed by atoms with van der Waals surface area (Å²) in [7, 11) is -1.96. The van der Waals surface area contributed by atoms with E-state index in [1.807, 2.05) is 19.1 Å². The lowest BCUT2D eigenvalue weighted by atomic mass is 10.3. The van der Waals surface area contributed by atoms with E-state index in [2.05, 4.69) is 4.98 Å². The van der Waals surface area contributed by atoms with Crippen molar-refractivity contribution < 1.29 is 22.6 Å². The number of benzene rings is 1. The Morgan fingerprint density at radius 2 is 1.96 bits per heavy atom. The number of pyridine rings is 1. The number of hydrogen-bond donors (Lipinski definition) is 0. The first-order chi connectivity index (χ1) is 13.0. The minimum absolute atomic E-state index is 0.181. The summed E-state index contributed by atoms with van der Waals surface area (Å²) in [4.78, 5) is 4.44. The van der Waals surface area contributed by atoms with Crippen molar-refractivity contribution in [3.05, 3.63) is 48.3 Å². The number of methoxy groups -OCH3 is 1. The smallest absolute Gasteiger partial charge is 0.243 e. The maximum Gasteiger partial charge on any atom is 0.243 e. The van der Waals surface area contributed by atoms with Crippen molar-refractivity contribution in [3.8, 4) is 11.5 Å². The summed E-state index contributed by atoms with van der Waals surface area (Å²) in [6.07, 6.45) is 2.17. The standard InChI is InChI=1S/C19H24N2O5S/c1-15-19(4-3-10-20-15)26-17-9-11-21(14-17)27(22,23)18-7-5-16(6-8-18)25-13-12-24-2/h3-8,10,17H,9,11-14H2,1-2H3/t17-/m1/s1. The highest BCUT2D eigenvalue weighted by atomic mass is 32.2. The molecule has 7 nitrogen and oxygen atoms in total. The zero-order valence-electron chi connectivity index (χ0n) is 15.5. The molecular weight excluding hydrogens is 368 g/mol. The van der Waals surface area contributed by atoms with Crippen LogP contribution in [0.4, 0.5) is 0 Å². The molecule has 146 valence electrons. The van der Waals surface area contributed by atoms with Gasteiger partial charge in [-0.15, -0.1) is 0 Å². The number of hydrogen-bond acceptors (Lipinski definition) is 6. The molecule has 1 aliphatic heterocycles. The summed E-state index contributed by atoms with van der Waals surface area (Å²) in [6.45, 7) is 3.52. The van der Waals surface area contributed by atoms with Crippen LogP contribution in [-0.2, 0) is 14.8 Å². The van der Waals surface area contributed by atoms with Gasteiger partial charge in [-0.1, -0.05) is 0 Å². The SMILES string of the molecule is COCCOc1ccc(S(=O)(=O)N2CC[C@@H](Oc3cccnc3C)C2)cc1. The normalized spacial score (nSPS) is 17.8. The van der Waals surface area contributed by atoms with Gasteiger partial charge < -0.3 is 14.2 Å². The fraction of sp³-hybridized carbons (Fsp3) is 0.421. The molecule has 1 saturated heterocycles. The van der Waals surface area contributed by atoms with E-state index < -0.39 is 10.0 Å². The molecule has 0 bridgehead atoms. The molecule has 1 aromatic heterocycles. The minimum Gasteiger partial charge on any atom is -0.491 e. The van der Waals surface area contributed by atoms with Crippen LogP contribution >= 0.6 is 0 Å². The maximum atomic E-state index is 12.9. The lowest BCUT2D eigenvalue weighted by Crippen LogP contribution is -2.31. The molecular formula is C19H24N2O5S. The zero-order chi connectivity index (χ0) is 19.3. The van der Waals surface area contributed by atoms with Gasteiger partial charge in [0.2, 0.25) is 10.0 Å². The molecule has 0 N–H and O–H groups in total. The van der Waals surface area contributed by atoms with Gasteiger partial charge in [-0.05, 0) is 49.7 Å². The van der Waals surface area contributed by atoms with Crippen LogP contribution in [0.25, 0.3) is 0 Å². The third-order valence-electron chi connectivity index (χ3n) is 4.38. The van der Waals surface area contributed by atoms with Crippen LogP contribution in [-0.4, -0.2) is 57.2 Å². The highest BCUT2D eigenvalue weighted by Crippen LogP contribution is 2.26. The highest BCUT2D eigenvalue weighted by Gasteiger charge is 2.33. The Bertz CT molecular complexity index is 855. The number of aromatic nitrogens is 1. The van der Waals surface area contributed by atoms with Crippen molar-refractivity contribution in [1.29, 1.82) is 0 Å². The van der Waals surface area contributed by atoms with Gasteiger partial charge in [0, 0.05) is 19.9 Å². The number of nitrogens with zero attached hydrogens (tertiary/aromatic N) is 2. The van der Waals surface area contributed by atoms with Gasteiger partial charge in [0.15, 0.2) is 0 Å². The van der Waals surface area contributed by atoms with E-state index in [0.717, 1.165) is 5.69 Å². The average molecular weight is 392 g/mol. The summed E-state index contributed by atoms with van der Waals surface area (Å²) in [6, 6.07) is 10.1. The molecule has 27 heavy (non-hydrogen) atoms. The molecule has 0 radical (unpaired) electrons. The number of ether oxygens (including phenoxy) is 3. The predicted octanol–water partition coefficient (Wildman–Crippen LogP) is 2.26. The van der Waals surface area contributed by atoms with E-state index in [0.29, 0.717) is 44.2 Å². The minimum atomic E-state index is -3.56. The molecule has 0 saturated carbocycles. The first kappa shape index (κ1) is 19.6. The van der Waals surface area contributed by atoms with Crippen molar-refractivity contribution >= 4 is 10.0 Å². The van der Waals surface area contributed by atoms with Crippen molar-refractivity contribution in [2.24, 2.45) is 0 Å². The van der Waals surface area contributed by atoms with Crippen LogP contribution in [0.5, 0.6) is 11.5 Å². The fourth-order valence-electron chi connectivity index (χ4n) is 2.89. The Balaban J connectivity index is 1.63. The quantitative estimate of drug-likeness (QED) is 0.641. The van der Waals surface area contributed by atoms with Crippen LogP contribution < -0.4 is 9.47 Å². The van der Waals surface area contributed by atoms with E-state index in [9.17, 15) is 8.42 Å². The lowest BCUT2D eigenvalue weighted by molar-refractivity contribution is 0.146. The topological polar surface area (TPSA) is 78.0 Å². The van der Waals surface area contributed by atoms with E-state index >= 15 is 0 Å². The van der Waals surface area contributed by atoms with Crippen LogP contribution in [0.3, 0.4) is 0 Å². The van der Waals surface area contributed by atoms with Gasteiger partial charge in [0.1, 0.15) is 24.2 Å². The number of aryl methyl sites for hydroxylation is 1. The molecule has 1 fully saturated rings. The first-order valence-corrected chi connectivity index (χ1v) is 10.2. The molecule has 0 unspecified atom stereocenters. The Kier molecular flexibility index (Phi) is 6.30. The van der Waals surface area contributed by atoms with E-state index in [4.69, 9.17) is 14.2 Å². The Hall–Kier alpha value is -2.16. The first-order valence-electron chi connectivity index (χ1n) is 8.81. The van der Waals surface area contributed by atoms with Crippen LogP contribution in [0.15, 0.2) is 47.5 Å². The lowest BCUT2D eigenvalue weighted by Gasteiger charge is -2.18. The zero-order valence-corrected chi connectivity index (χ0v) is 16.3. The number of sulfonamides is 1. The Morgan fingerprint density at radius 3 is 2.67 bits per heavy atom. The van der Waals surface area contributed by atoms with Gasteiger partial charge in [-0.2, -0.15) is 4.31 Å². The van der Waals surface area contributed by atoms with Crippen molar-refractivity contribution in [3.63, 3.8) is 0 Å². The molecule has 0 spiro atoms. The molecule has 2 heterocycles. The van der Waals surface area contributed by atoms with E-state index in [-0.39, 0.29) is 11.0 Å². The number of rotatable bonds is 8. The average Bonchev–Trinajstić information content (AvgIpc) is 3.14. The highest BCUT2D eigenvalue weighted by molar-refractivity contribution is 7.89. The van der Waals surface area contributed by atoms with Gasteiger partial charge >= 0.3 is 0 Å². The van der Waals surface area contributed by atoms with Crippen molar-refractivity contribution in [1.82, 2.24) is 9.29 Å². The summed E-state index contributed by atoms with van der Waals surface area (Å²) in [5.41, 5.74) is 0.794. The second kappa shape index (κ2) is 8.69. The monoisotopic (exact) mass is 392 g/mol. The second-order valence-electron chi connectivity index (χ2n) is 6.29. The Morgan fingerprint density at radius 1 is 1.19 bits per heavy atom. The van der Waals surface area contributed by atoms with Gasteiger partial charge in [-0.25, -0.2) is 8.42 Å². The van der Waals surface area contributed by atoms with Crippen LogP contribution in [0.1, 0.15) is 12.1 Å². The van der Waals surface area contributed by atoms with Gasteiger partial charge in [0.05, 0.1) is 23.7 Å². The third kappa shape index (κ3) is 4.77. The van der Waals surface area contributed by atoms with E-state index in [1.54, 1.807) is 37.6 Å². The molecule has 8 heteroatoms. The molecule has 0 amide bonds.